The fraction of sp³-hybridized carbons (Fsp3) is 0. The summed E-state index contributed by atoms with van der Waals surface area (Å²) in [5.74, 6) is -2.05. The molecule has 3 aromatic rings. The molecule has 0 saturated heterocycles. The zero-order chi connectivity index (χ0) is 23.3. The van der Waals surface area contributed by atoms with Crippen LogP contribution in [-0.4, -0.2) is 28.1 Å². The summed E-state index contributed by atoms with van der Waals surface area (Å²) in [6, 6.07) is 13.5. The number of nitrogens with one attached hydrogen (secondary N) is 2. The number of anilines is 1. The molecule has 3 rings (SSSR count). The van der Waals surface area contributed by atoms with Crippen molar-refractivity contribution in [2.75, 3.05) is 5.32 Å². The molecule has 0 aliphatic rings. The number of nitrogens with zero attached hydrogens (tertiary/aromatic N) is 2. The minimum absolute atomic E-state index is 0.0326. The molecule has 2 amide bonds. The Balaban J connectivity index is 1.63. The molecule has 0 unspecified atom stereocenters. The van der Waals surface area contributed by atoms with Gasteiger partial charge in [0, 0.05) is 32.9 Å². The molecule has 3 N–H and O–H groups in total. The van der Waals surface area contributed by atoms with Crippen LogP contribution in [0.4, 0.5) is 15.8 Å². The Morgan fingerprint density at radius 3 is 2.25 bits per heavy atom. The fourth-order valence-corrected chi connectivity index (χ4v) is 3.04. The summed E-state index contributed by atoms with van der Waals surface area (Å²) in [6.45, 7) is 0. The van der Waals surface area contributed by atoms with Crippen LogP contribution in [0.15, 0.2) is 70.2 Å². The van der Waals surface area contributed by atoms with Crippen LogP contribution in [0.1, 0.15) is 26.3 Å². The molecule has 0 aromatic heterocycles. The number of carbonyl (C=O) groups is 2. The van der Waals surface area contributed by atoms with E-state index in [2.05, 4.69) is 31.8 Å². The molecule has 0 radical (unpaired) electrons. The van der Waals surface area contributed by atoms with Crippen LogP contribution in [0.5, 0.6) is 5.75 Å². The number of hydrazone groups is 1. The van der Waals surface area contributed by atoms with Gasteiger partial charge in [0.1, 0.15) is 5.82 Å². The van der Waals surface area contributed by atoms with E-state index in [0.29, 0.717) is 10.2 Å². The monoisotopic (exact) mass is 500 g/mol. The van der Waals surface area contributed by atoms with E-state index >= 15 is 0 Å². The lowest BCUT2D eigenvalue weighted by Crippen LogP contribution is -2.18. The van der Waals surface area contributed by atoms with E-state index in [4.69, 9.17) is 0 Å². The molecule has 0 aliphatic heterocycles. The van der Waals surface area contributed by atoms with Crippen molar-refractivity contribution < 1.29 is 24.0 Å². The van der Waals surface area contributed by atoms with Crippen molar-refractivity contribution in [3.8, 4) is 5.75 Å². The van der Waals surface area contributed by atoms with E-state index in [9.17, 15) is 29.2 Å². The molecule has 9 nitrogen and oxygen atoms in total. The number of aromatic hydroxyl groups is 1. The van der Waals surface area contributed by atoms with Crippen molar-refractivity contribution in [3.05, 3.63) is 97.8 Å². The third kappa shape index (κ3) is 5.52. The van der Waals surface area contributed by atoms with Crippen LogP contribution in [0.3, 0.4) is 0 Å². The maximum absolute atomic E-state index is 12.9. The Kier molecular flexibility index (Phi) is 6.90. The molecule has 0 spiro atoms. The number of phenolic OH excluding ortho intramolecular Hbond substituents is 1. The van der Waals surface area contributed by atoms with Crippen molar-refractivity contribution in [3.63, 3.8) is 0 Å². The number of phenols is 1. The van der Waals surface area contributed by atoms with Gasteiger partial charge in [-0.25, -0.2) is 9.82 Å². The van der Waals surface area contributed by atoms with Crippen molar-refractivity contribution in [1.82, 2.24) is 5.43 Å². The van der Waals surface area contributed by atoms with E-state index < -0.39 is 34.0 Å². The Bertz CT molecular complexity index is 1210. The first kappa shape index (κ1) is 22.6. The van der Waals surface area contributed by atoms with E-state index in [-0.39, 0.29) is 16.7 Å². The molecule has 0 atom stereocenters. The number of nitro groups is 1. The van der Waals surface area contributed by atoms with Crippen LogP contribution < -0.4 is 10.7 Å². The van der Waals surface area contributed by atoms with Gasteiger partial charge in [-0.3, -0.25) is 19.7 Å². The van der Waals surface area contributed by atoms with Crippen LogP contribution in [0.2, 0.25) is 0 Å². The van der Waals surface area contributed by atoms with Gasteiger partial charge in [0.2, 0.25) is 5.75 Å². The molecular formula is C21H14BrFN4O5. The van der Waals surface area contributed by atoms with Crippen molar-refractivity contribution in [1.29, 1.82) is 0 Å². The second-order valence-corrected chi connectivity index (χ2v) is 7.27. The summed E-state index contributed by atoms with van der Waals surface area (Å²) in [5.41, 5.74) is 2.70. The molecule has 162 valence electrons. The average Bonchev–Trinajstić information content (AvgIpc) is 2.76. The highest BCUT2D eigenvalue weighted by molar-refractivity contribution is 9.10. The fourth-order valence-electron chi connectivity index (χ4n) is 2.58. The van der Waals surface area contributed by atoms with Gasteiger partial charge in [-0.2, -0.15) is 5.10 Å². The van der Waals surface area contributed by atoms with E-state index in [0.717, 1.165) is 12.3 Å². The summed E-state index contributed by atoms with van der Waals surface area (Å²) in [5, 5.41) is 27.2. The second-order valence-electron chi connectivity index (χ2n) is 6.36. The third-order valence-corrected chi connectivity index (χ3v) is 4.62. The van der Waals surface area contributed by atoms with Crippen LogP contribution >= 0.6 is 15.9 Å². The maximum atomic E-state index is 12.9. The Morgan fingerprint density at radius 1 is 1.03 bits per heavy atom. The Labute approximate surface area is 188 Å². The van der Waals surface area contributed by atoms with Gasteiger partial charge in [-0.05, 0) is 54.6 Å². The maximum Gasteiger partial charge on any atom is 0.312 e. The second kappa shape index (κ2) is 9.79. The number of rotatable bonds is 6. The SMILES string of the molecule is O=C(N/N=C\c1cc(Br)cc([N+](=O)[O-])c1O)c1ccc(NC(=O)c2ccc(F)cc2)cc1. The number of hydrogen-bond acceptors (Lipinski definition) is 6. The summed E-state index contributed by atoms with van der Waals surface area (Å²) in [4.78, 5) is 34.6. The number of hydrogen-bond donors (Lipinski definition) is 3. The van der Waals surface area contributed by atoms with E-state index in [1.807, 2.05) is 0 Å². The Morgan fingerprint density at radius 2 is 1.62 bits per heavy atom. The number of benzene rings is 3. The van der Waals surface area contributed by atoms with Gasteiger partial charge in [0.15, 0.2) is 0 Å². The van der Waals surface area contributed by atoms with E-state index in [1.165, 1.54) is 54.6 Å². The summed E-state index contributed by atoms with van der Waals surface area (Å²) >= 11 is 3.10. The minimum Gasteiger partial charge on any atom is -0.502 e. The van der Waals surface area contributed by atoms with Crippen molar-refractivity contribution in [2.45, 2.75) is 0 Å². The molecule has 0 fully saturated rings. The van der Waals surface area contributed by atoms with Gasteiger partial charge in [-0.15, -0.1) is 0 Å². The van der Waals surface area contributed by atoms with Crippen LogP contribution in [0.25, 0.3) is 0 Å². The predicted octanol–water partition coefficient (Wildman–Crippen LogP) is 4.22. The molecule has 0 bridgehead atoms. The average molecular weight is 501 g/mol. The molecule has 3 aromatic carbocycles. The molecular weight excluding hydrogens is 487 g/mol. The third-order valence-electron chi connectivity index (χ3n) is 4.16. The lowest BCUT2D eigenvalue weighted by molar-refractivity contribution is -0.385. The largest absolute Gasteiger partial charge is 0.502 e. The summed E-state index contributed by atoms with van der Waals surface area (Å²) in [7, 11) is 0. The minimum atomic E-state index is -0.744. The number of amides is 2. The van der Waals surface area contributed by atoms with Gasteiger partial charge in [-0.1, -0.05) is 15.9 Å². The van der Waals surface area contributed by atoms with Crippen LogP contribution in [0, 0.1) is 15.9 Å². The standard InChI is InChI=1S/C21H14BrFN4O5/c22-15-9-14(19(28)18(10-15)27(31)32)11-24-26-21(30)13-3-7-17(8-4-13)25-20(29)12-1-5-16(23)6-2-12/h1-11,28H,(H,25,29)(H,26,30)/b24-11-. The van der Waals surface area contributed by atoms with Crippen molar-refractivity contribution >= 4 is 45.3 Å². The molecule has 0 saturated carbocycles. The predicted molar refractivity (Wildman–Crippen MR) is 118 cm³/mol. The summed E-state index contributed by atoms with van der Waals surface area (Å²) < 4.78 is 13.3. The van der Waals surface area contributed by atoms with Gasteiger partial charge >= 0.3 is 5.69 Å². The lowest BCUT2D eigenvalue weighted by atomic mass is 10.1. The van der Waals surface area contributed by atoms with E-state index in [1.54, 1.807) is 0 Å². The number of carbonyl (C=O) groups excluding carboxylic acids is 2. The zero-order valence-corrected chi connectivity index (χ0v) is 17.7. The zero-order valence-electron chi connectivity index (χ0n) is 16.1. The van der Waals surface area contributed by atoms with Gasteiger partial charge in [0.25, 0.3) is 11.8 Å². The molecule has 0 heterocycles. The highest BCUT2D eigenvalue weighted by atomic mass is 79.9. The first-order chi connectivity index (χ1) is 15.2. The topological polar surface area (TPSA) is 134 Å². The highest BCUT2D eigenvalue weighted by Crippen LogP contribution is 2.32. The quantitative estimate of drug-likeness (QED) is 0.264. The van der Waals surface area contributed by atoms with Gasteiger partial charge < -0.3 is 10.4 Å². The summed E-state index contributed by atoms with van der Waals surface area (Å²) in [6.07, 6.45) is 1.07. The highest BCUT2D eigenvalue weighted by Gasteiger charge is 2.17. The van der Waals surface area contributed by atoms with Gasteiger partial charge in [0.05, 0.1) is 11.1 Å². The van der Waals surface area contributed by atoms with Crippen molar-refractivity contribution in [2.24, 2.45) is 5.10 Å². The van der Waals surface area contributed by atoms with Crippen LogP contribution in [-0.2, 0) is 0 Å². The molecule has 0 aliphatic carbocycles. The molecule has 32 heavy (non-hydrogen) atoms. The first-order valence-corrected chi connectivity index (χ1v) is 9.71. The first-order valence-electron chi connectivity index (χ1n) is 8.92. The number of halogens is 2. The smallest absolute Gasteiger partial charge is 0.312 e. The lowest BCUT2D eigenvalue weighted by Gasteiger charge is -2.06. The Hall–Kier alpha value is -4.12. The molecule has 11 heteroatoms. The normalized spacial score (nSPS) is 10.7. The number of nitro benzene ring substituents is 1.